The van der Waals surface area contributed by atoms with Crippen LogP contribution >= 0.6 is 11.3 Å². The number of amides is 2. The highest BCUT2D eigenvalue weighted by atomic mass is 32.1. The fraction of sp³-hybridized carbons (Fsp3) is 0.421. The van der Waals surface area contributed by atoms with Crippen molar-refractivity contribution in [1.29, 1.82) is 0 Å². The number of thiophene rings is 1. The van der Waals surface area contributed by atoms with Gasteiger partial charge in [-0.2, -0.15) is 0 Å². The molecule has 0 spiro atoms. The third-order valence-electron chi connectivity index (χ3n) is 4.46. The van der Waals surface area contributed by atoms with Crippen molar-refractivity contribution in [2.75, 3.05) is 31.7 Å². The van der Waals surface area contributed by atoms with Gasteiger partial charge in [0, 0.05) is 29.8 Å². The monoisotopic (exact) mass is 374 g/mol. The average Bonchev–Trinajstić information content (AvgIpc) is 3.35. The number of nitrogens with zero attached hydrogens (tertiary/aromatic N) is 1. The quantitative estimate of drug-likeness (QED) is 0.866. The van der Waals surface area contributed by atoms with Gasteiger partial charge in [-0.1, -0.05) is 6.07 Å². The molecule has 2 aromatic rings. The maximum atomic E-state index is 12.9. The number of fused-ring (bicyclic) bond motifs is 1. The Morgan fingerprint density at radius 1 is 1.19 bits per heavy atom. The third kappa shape index (κ3) is 4.11. The molecule has 1 aromatic heterocycles. The van der Waals surface area contributed by atoms with Crippen molar-refractivity contribution in [3.63, 3.8) is 0 Å². The molecule has 4 rings (SSSR count). The van der Waals surface area contributed by atoms with Crippen molar-refractivity contribution < 1.29 is 19.0 Å². The minimum absolute atomic E-state index is 0.112. The normalized spacial score (nSPS) is 18.5. The average molecular weight is 374 g/mol. The summed E-state index contributed by atoms with van der Waals surface area (Å²) in [5.41, 5.74) is 0.697. The molecule has 0 saturated carbocycles. The van der Waals surface area contributed by atoms with Crippen molar-refractivity contribution in [2.24, 2.45) is 0 Å². The van der Waals surface area contributed by atoms with E-state index in [1.807, 2.05) is 40.6 Å². The molecule has 1 aromatic carbocycles. The molecule has 1 saturated heterocycles. The van der Waals surface area contributed by atoms with E-state index in [1.165, 1.54) is 0 Å². The van der Waals surface area contributed by atoms with Crippen molar-refractivity contribution in [2.45, 2.75) is 25.5 Å². The Balaban J connectivity index is 1.46. The highest BCUT2D eigenvalue weighted by molar-refractivity contribution is 7.09. The molecule has 1 unspecified atom stereocenters. The standard InChI is InChI=1S/C19H22N2O4S/c22-19(20-14-5-6-17-18(11-14)25-9-8-24-17)21(12-15-3-1-7-23-15)13-16-4-2-10-26-16/h2,4-6,10-11,15H,1,3,7-9,12-13H2,(H,20,22). The molecule has 1 atom stereocenters. The van der Waals surface area contributed by atoms with Gasteiger partial charge in [0.15, 0.2) is 11.5 Å². The first-order chi connectivity index (χ1) is 12.8. The molecule has 0 radical (unpaired) electrons. The lowest BCUT2D eigenvalue weighted by atomic mass is 10.2. The van der Waals surface area contributed by atoms with Crippen LogP contribution in [0.2, 0.25) is 0 Å². The second-order valence-electron chi connectivity index (χ2n) is 6.38. The smallest absolute Gasteiger partial charge is 0.322 e. The number of ether oxygens (including phenoxy) is 3. The summed E-state index contributed by atoms with van der Waals surface area (Å²) in [6.45, 7) is 3.02. The van der Waals surface area contributed by atoms with Crippen LogP contribution in [0, 0.1) is 0 Å². The van der Waals surface area contributed by atoms with Crippen LogP contribution in [-0.2, 0) is 11.3 Å². The van der Waals surface area contributed by atoms with E-state index in [2.05, 4.69) is 5.32 Å². The first kappa shape index (κ1) is 17.2. The number of carbonyl (C=O) groups excluding carboxylic acids is 1. The molecule has 2 aliphatic rings. The number of urea groups is 1. The van der Waals surface area contributed by atoms with Crippen LogP contribution in [0.1, 0.15) is 17.7 Å². The predicted molar refractivity (Wildman–Crippen MR) is 100 cm³/mol. The largest absolute Gasteiger partial charge is 0.486 e. The Hall–Kier alpha value is -2.25. The molecule has 138 valence electrons. The van der Waals surface area contributed by atoms with E-state index in [1.54, 1.807) is 11.3 Å². The Bertz CT molecular complexity index is 744. The fourth-order valence-corrected chi connectivity index (χ4v) is 3.89. The van der Waals surface area contributed by atoms with Gasteiger partial charge >= 0.3 is 6.03 Å². The fourth-order valence-electron chi connectivity index (χ4n) is 3.17. The molecule has 1 fully saturated rings. The first-order valence-electron chi connectivity index (χ1n) is 8.87. The molecule has 0 bridgehead atoms. The lowest BCUT2D eigenvalue weighted by Gasteiger charge is -2.26. The number of carbonyl (C=O) groups is 1. The maximum Gasteiger partial charge on any atom is 0.322 e. The lowest BCUT2D eigenvalue weighted by Crippen LogP contribution is -2.39. The highest BCUT2D eigenvalue weighted by Gasteiger charge is 2.23. The summed E-state index contributed by atoms with van der Waals surface area (Å²) in [6, 6.07) is 9.38. The van der Waals surface area contributed by atoms with Crippen LogP contribution in [0.3, 0.4) is 0 Å². The van der Waals surface area contributed by atoms with E-state index in [0.717, 1.165) is 24.3 Å². The Morgan fingerprint density at radius 3 is 2.85 bits per heavy atom. The summed E-state index contributed by atoms with van der Waals surface area (Å²) < 4.78 is 16.8. The zero-order chi connectivity index (χ0) is 17.8. The van der Waals surface area contributed by atoms with Crippen molar-refractivity contribution >= 4 is 23.1 Å². The van der Waals surface area contributed by atoms with Gasteiger partial charge in [0.2, 0.25) is 0 Å². The van der Waals surface area contributed by atoms with Gasteiger partial charge in [0.1, 0.15) is 13.2 Å². The minimum atomic E-state index is -0.134. The molecule has 2 aliphatic heterocycles. The molecular formula is C19H22N2O4S. The van der Waals surface area contributed by atoms with E-state index >= 15 is 0 Å². The molecule has 2 amide bonds. The molecular weight excluding hydrogens is 352 g/mol. The topological polar surface area (TPSA) is 60.0 Å². The van der Waals surface area contributed by atoms with Crippen LogP contribution in [0.5, 0.6) is 11.5 Å². The molecule has 7 heteroatoms. The van der Waals surface area contributed by atoms with Crippen LogP contribution in [0.4, 0.5) is 10.5 Å². The van der Waals surface area contributed by atoms with Gasteiger partial charge in [-0.3, -0.25) is 0 Å². The summed E-state index contributed by atoms with van der Waals surface area (Å²) in [7, 11) is 0. The third-order valence-corrected chi connectivity index (χ3v) is 5.32. The van der Waals surface area contributed by atoms with E-state index in [-0.39, 0.29) is 12.1 Å². The number of nitrogens with one attached hydrogen (secondary N) is 1. The van der Waals surface area contributed by atoms with E-state index < -0.39 is 0 Å². The van der Waals surface area contributed by atoms with Crippen LogP contribution in [-0.4, -0.2) is 43.4 Å². The zero-order valence-electron chi connectivity index (χ0n) is 14.5. The summed E-state index contributed by atoms with van der Waals surface area (Å²) >= 11 is 1.65. The predicted octanol–water partition coefficient (Wildman–Crippen LogP) is 3.73. The van der Waals surface area contributed by atoms with Crippen LogP contribution in [0.15, 0.2) is 35.7 Å². The van der Waals surface area contributed by atoms with Gasteiger partial charge in [-0.05, 0) is 36.4 Å². The number of hydrogen-bond donors (Lipinski definition) is 1. The van der Waals surface area contributed by atoms with E-state index in [4.69, 9.17) is 14.2 Å². The Morgan fingerprint density at radius 2 is 2.08 bits per heavy atom. The van der Waals surface area contributed by atoms with Crippen molar-refractivity contribution in [1.82, 2.24) is 4.90 Å². The van der Waals surface area contributed by atoms with Gasteiger partial charge < -0.3 is 24.4 Å². The molecule has 0 aliphatic carbocycles. The maximum absolute atomic E-state index is 12.9. The van der Waals surface area contributed by atoms with Crippen molar-refractivity contribution in [3.8, 4) is 11.5 Å². The summed E-state index contributed by atoms with van der Waals surface area (Å²) in [4.78, 5) is 15.9. The van der Waals surface area contributed by atoms with Gasteiger partial charge in [0.05, 0.1) is 12.6 Å². The number of benzene rings is 1. The SMILES string of the molecule is O=C(Nc1ccc2c(c1)OCCO2)N(Cc1cccs1)CC1CCCO1. The van der Waals surface area contributed by atoms with Crippen LogP contribution in [0.25, 0.3) is 0 Å². The Labute approximate surface area is 156 Å². The second-order valence-corrected chi connectivity index (χ2v) is 7.42. The summed E-state index contributed by atoms with van der Waals surface area (Å²) in [5, 5.41) is 5.01. The minimum Gasteiger partial charge on any atom is -0.486 e. The van der Waals surface area contributed by atoms with Crippen molar-refractivity contribution in [3.05, 3.63) is 40.6 Å². The number of anilines is 1. The Kier molecular flexibility index (Phi) is 5.26. The zero-order valence-corrected chi connectivity index (χ0v) is 15.3. The molecule has 6 nitrogen and oxygen atoms in total. The highest BCUT2D eigenvalue weighted by Crippen LogP contribution is 2.32. The van der Waals surface area contributed by atoms with Gasteiger partial charge in [-0.15, -0.1) is 11.3 Å². The van der Waals surface area contributed by atoms with Gasteiger partial charge in [0.25, 0.3) is 0 Å². The van der Waals surface area contributed by atoms with E-state index in [0.29, 0.717) is 43.5 Å². The number of hydrogen-bond acceptors (Lipinski definition) is 5. The lowest BCUT2D eigenvalue weighted by molar-refractivity contribution is 0.0821. The number of rotatable bonds is 5. The molecule has 3 heterocycles. The first-order valence-corrected chi connectivity index (χ1v) is 9.75. The summed E-state index contributed by atoms with van der Waals surface area (Å²) in [5.74, 6) is 1.38. The van der Waals surface area contributed by atoms with Gasteiger partial charge in [-0.25, -0.2) is 4.79 Å². The van der Waals surface area contributed by atoms with Crippen LogP contribution < -0.4 is 14.8 Å². The second kappa shape index (κ2) is 7.97. The van der Waals surface area contributed by atoms with E-state index in [9.17, 15) is 4.79 Å². The molecule has 26 heavy (non-hydrogen) atoms. The molecule has 1 N–H and O–H groups in total. The summed E-state index contributed by atoms with van der Waals surface area (Å²) in [6.07, 6.45) is 2.17.